The fraction of sp³-hybridized carbons (Fsp3) is 1.00. The lowest BCUT2D eigenvalue weighted by atomic mass is 10.0. The number of rotatable bonds is 6. The van der Waals surface area contributed by atoms with Crippen molar-refractivity contribution in [2.24, 2.45) is 5.92 Å². The summed E-state index contributed by atoms with van der Waals surface area (Å²) in [7, 11) is 2.09. The van der Waals surface area contributed by atoms with Crippen LogP contribution in [0.2, 0.25) is 0 Å². The molecule has 0 saturated carbocycles. The number of nitrogens with zero attached hydrogens (tertiary/aromatic N) is 1. The Morgan fingerprint density at radius 3 is 2.93 bits per heavy atom. The van der Waals surface area contributed by atoms with Crippen molar-refractivity contribution in [1.82, 2.24) is 4.90 Å². The zero-order chi connectivity index (χ0) is 11.1. The first-order valence-corrected chi connectivity index (χ1v) is 6.16. The summed E-state index contributed by atoms with van der Waals surface area (Å²) >= 11 is 0. The van der Waals surface area contributed by atoms with E-state index in [0.29, 0.717) is 5.92 Å². The Morgan fingerprint density at radius 2 is 2.33 bits per heavy atom. The summed E-state index contributed by atoms with van der Waals surface area (Å²) < 4.78 is 5.45. The topological polar surface area (TPSA) is 32.7 Å². The van der Waals surface area contributed by atoms with Crippen molar-refractivity contribution < 1.29 is 9.84 Å². The van der Waals surface area contributed by atoms with Gasteiger partial charge in [-0.1, -0.05) is 13.3 Å². The minimum atomic E-state index is -0.162. The molecule has 1 aliphatic rings. The second-order valence-electron chi connectivity index (χ2n) is 4.75. The molecule has 0 aromatic heterocycles. The smallest absolute Gasteiger partial charge is 0.0666 e. The van der Waals surface area contributed by atoms with E-state index in [9.17, 15) is 5.11 Å². The Hall–Kier alpha value is -0.120. The molecule has 3 nitrogen and oxygen atoms in total. The van der Waals surface area contributed by atoms with Crippen LogP contribution >= 0.6 is 0 Å². The van der Waals surface area contributed by atoms with Gasteiger partial charge in [0.15, 0.2) is 0 Å². The number of aliphatic hydroxyl groups excluding tert-OH is 1. The number of hydrogen-bond donors (Lipinski definition) is 1. The minimum absolute atomic E-state index is 0.162. The van der Waals surface area contributed by atoms with Gasteiger partial charge in [-0.05, 0) is 32.2 Å². The maximum Gasteiger partial charge on any atom is 0.0666 e. The summed E-state index contributed by atoms with van der Waals surface area (Å²) in [5, 5.41) is 9.68. The molecule has 0 bridgehead atoms. The van der Waals surface area contributed by atoms with Gasteiger partial charge in [-0.2, -0.15) is 0 Å². The minimum Gasteiger partial charge on any atom is -0.392 e. The molecular weight excluding hydrogens is 190 g/mol. The van der Waals surface area contributed by atoms with Crippen LogP contribution in [-0.2, 0) is 4.74 Å². The highest BCUT2D eigenvalue weighted by Crippen LogP contribution is 2.14. The highest BCUT2D eigenvalue weighted by Gasteiger charge is 2.17. The predicted molar refractivity (Wildman–Crippen MR) is 62.0 cm³/mol. The largest absolute Gasteiger partial charge is 0.392 e. The Kier molecular flexibility index (Phi) is 6.22. The molecule has 1 saturated heterocycles. The van der Waals surface area contributed by atoms with Gasteiger partial charge in [0.05, 0.1) is 12.7 Å². The average molecular weight is 215 g/mol. The maximum atomic E-state index is 9.68. The van der Waals surface area contributed by atoms with Gasteiger partial charge >= 0.3 is 0 Å². The fourth-order valence-electron chi connectivity index (χ4n) is 2.25. The summed E-state index contributed by atoms with van der Waals surface area (Å²) in [4.78, 5) is 2.24. The van der Waals surface area contributed by atoms with Gasteiger partial charge in [-0.15, -0.1) is 0 Å². The van der Waals surface area contributed by atoms with Crippen molar-refractivity contribution in [2.75, 3.05) is 33.4 Å². The third-order valence-corrected chi connectivity index (χ3v) is 2.97. The fourth-order valence-corrected chi connectivity index (χ4v) is 2.25. The molecule has 0 radical (unpaired) electrons. The lowest BCUT2D eigenvalue weighted by Crippen LogP contribution is -2.35. The van der Waals surface area contributed by atoms with Crippen LogP contribution in [0.5, 0.6) is 0 Å². The first-order valence-electron chi connectivity index (χ1n) is 6.16. The van der Waals surface area contributed by atoms with Gasteiger partial charge in [-0.25, -0.2) is 0 Å². The van der Waals surface area contributed by atoms with Crippen LogP contribution < -0.4 is 0 Å². The molecule has 1 aliphatic heterocycles. The van der Waals surface area contributed by atoms with Crippen LogP contribution in [0.1, 0.15) is 32.6 Å². The molecule has 0 amide bonds. The molecule has 2 unspecified atom stereocenters. The van der Waals surface area contributed by atoms with Gasteiger partial charge in [0.2, 0.25) is 0 Å². The van der Waals surface area contributed by atoms with E-state index in [1.807, 2.05) is 0 Å². The standard InChI is InChI=1S/C12H25NO2/c1-3-5-12(14)9-13(2)8-11-6-4-7-15-10-11/h11-12,14H,3-10H2,1-2H3. The van der Waals surface area contributed by atoms with E-state index in [1.165, 1.54) is 12.8 Å². The average Bonchev–Trinajstić information content (AvgIpc) is 2.19. The van der Waals surface area contributed by atoms with Crippen LogP contribution in [0.15, 0.2) is 0 Å². The van der Waals surface area contributed by atoms with E-state index < -0.39 is 0 Å². The van der Waals surface area contributed by atoms with Crippen molar-refractivity contribution in [1.29, 1.82) is 0 Å². The number of likely N-dealkylation sites (N-methyl/N-ethyl adjacent to an activating group) is 1. The summed E-state index contributed by atoms with van der Waals surface area (Å²) in [6.45, 7) is 5.79. The second-order valence-corrected chi connectivity index (χ2v) is 4.75. The Labute approximate surface area is 93.4 Å². The molecule has 0 spiro atoms. The maximum absolute atomic E-state index is 9.68. The SMILES string of the molecule is CCCC(O)CN(C)CC1CCCOC1. The van der Waals surface area contributed by atoms with Crippen LogP contribution in [0.25, 0.3) is 0 Å². The van der Waals surface area contributed by atoms with Gasteiger partial charge in [-0.3, -0.25) is 0 Å². The molecule has 15 heavy (non-hydrogen) atoms. The predicted octanol–water partition coefficient (Wildman–Crippen LogP) is 1.51. The van der Waals surface area contributed by atoms with E-state index in [4.69, 9.17) is 4.74 Å². The van der Waals surface area contributed by atoms with Crippen molar-refractivity contribution in [3.05, 3.63) is 0 Å². The normalized spacial score (nSPS) is 24.4. The van der Waals surface area contributed by atoms with Gasteiger partial charge < -0.3 is 14.7 Å². The molecule has 0 aromatic rings. The molecule has 0 aromatic carbocycles. The van der Waals surface area contributed by atoms with Crippen LogP contribution in [0.4, 0.5) is 0 Å². The Bertz CT molecular complexity index is 158. The Morgan fingerprint density at radius 1 is 1.53 bits per heavy atom. The van der Waals surface area contributed by atoms with E-state index in [1.54, 1.807) is 0 Å². The summed E-state index contributed by atoms with van der Waals surface area (Å²) in [6, 6.07) is 0. The first kappa shape index (κ1) is 12.9. The third kappa shape index (κ3) is 5.50. The van der Waals surface area contributed by atoms with Gasteiger partial charge in [0.1, 0.15) is 0 Å². The molecule has 1 N–H and O–H groups in total. The van der Waals surface area contributed by atoms with Gasteiger partial charge in [0, 0.05) is 19.7 Å². The number of hydrogen-bond acceptors (Lipinski definition) is 3. The lowest BCUT2D eigenvalue weighted by molar-refractivity contribution is 0.0335. The van der Waals surface area contributed by atoms with Crippen molar-refractivity contribution in [3.63, 3.8) is 0 Å². The van der Waals surface area contributed by atoms with E-state index in [2.05, 4.69) is 18.9 Å². The van der Waals surface area contributed by atoms with Gasteiger partial charge in [0.25, 0.3) is 0 Å². The number of aliphatic hydroxyl groups is 1. The molecule has 1 rings (SSSR count). The van der Waals surface area contributed by atoms with Crippen LogP contribution in [-0.4, -0.2) is 49.5 Å². The van der Waals surface area contributed by atoms with E-state index in [-0.39, 0.29) is 6.10 Å². The summed E-state index contributed by atoms with van der Waals surface area (Å²) in [5.74, 6) is 0.664. The van der Waals surface area contributed by atoms with E-state index >= 15 is 0 Å². The van der Waals surface area contributed by atoms with Crippen LogP contribution in [0, 0.1) is 5.92 Å². The number of ether oxygens (including phenoxy) is 1. The zero-order valence-corrected chi connectivity index (χ0v) is 10.1. The molecule has 3 heteroatoms. The van der Waals surface area contributed by atoms with Crippen molar-refractivity contribution in [2.45, 2.75) is 38.7 Å². The van der Waals surface area contributed by atoms with Crippen LogP contribution in [0.3, 0.4) is 0 Å². The molecule has 90 valence electrons. The quantitative estimate of drug-likeness (QED) is 0.729. The molecule has 1 fully saturated rings. The summed E-state index contributed by atoms with van der Waals surface area (Å²) in [6.07, 6.45) is 4.27. The lowest BCUT2D eigenvalue weighted by Gasteiger charge is -2.28. The molecule has 0 aliphatic carbocycles. The van der Waals surface area contributed by atoms with Crippen molar-refractivity contribution >= 4 is 0 Å². The highest BCUT2D eigenvalue weighted by atomic mass is 16.5. The Balaban J connectivity index is 2.13. The molecular formula is C12H25NO2. The zero-order valence-electron chi connectivity index (χ0n) is 10.1. The van der Waals surface area contributed by atoms with Crippen molar-refractivity contribution in [3.8, 4) is 0 Å². The van der Waals surface area contributed by atoms with E-state index in [0.717, 1.165) is 39.1 Å². The molecule has 2 atom stereocenters. The summed E-state index contributed by atoms with van der Waals surface area (Å²) in [5.41, 5.74) is 0. The second kappa shape index (κ2) is 7.20. The third-order valence-electron chi connectivity index (χ3n) is 2.97. The highest BCUT2D eigenvalue weighted by molar-refractivity contribution is 4.69. The molecule has 1 heterocycles. The first-order chi connectivity index (χ1) is 7.22. The monoisotopic (exact) mass is 215 g/mol.